The number of carbonyl (C=O) groups excluding carboxylic acids is 3. The van der Waals surface area contributed by atoms with E-state index in [0.29, 0.717) is 29.4 Å². The minimum Gasteiger partial charge on any atom is -0.493 e. The SMILES string of the molecule is C[C@@H](COc1ccccc1)Cn1cc(/C=C2/C(=O)NC(=O)N(c3ccc(Cl)cc3)C2=O)c2ccccc21. The van der Waals surface area contributed by atoms with Gasteiger partial charge < -0.3 is 9.30 Å². The Morgan fingerprint density at radius 3 is 2.41 bits per heavy atom. The molecule has 3 aromatic carbocycles. The highest BCUT2D eigenvalue weighted by Crippen LogP contribution is 2.28. The molecule has 8 heteroatoms. The third kappa shape index (κ3) is 5.13. The summed E-state index contributed by atoms with van der Waals surface area (Å²) in [6.07, 6.45) is 3.46. The molecule has 1 aromatic heterocycles. The molecular formula is C29H24ClN3O4. The highest BCUT2D eigenvalue weighted by atomic mass is 35.5. The zero-order valence-corrected chi connectivity index (χ0v) is 20.8. The number of carbonyl (C=O) groups is 3. The van der Waals surface area contributed by atoms with Crippen LogP contribution in [0.5, 0.6) is 5.75 Å². The molecule has 5 rings (SSSR count). The Balaban J connectivity index is 1.43. The maximum atomic E-state index is 13.3. The third-order valence-corrected chi connectivity index (χ3v) is 6.34. The van der Waals surface area contributed by atoms with E-state index in [1.165, 1.54) is 6.08 Å². The maximum absolute atomic E-state index is 13.3. The van der Waals surface area contributed by atoms with Crippen LogP contribution in [0.2, 0.25) is 5.02 Å². The second-order valence-electron chi connectivity index (χ2n) is 8.92. The quantitative estimate of drug-likeness (QED) is 0.255. The van der Waals surface area contributed by atoms with Crippen molar-refractivity contribution in [3.05, 3.63) is 101 Å². The molecule has 1 fully saturated rings. The van der Waals surface area contributed by atoms with Crippen LogP contribution in [0, 0.1) is 5.92 Å². The van der Waals surface area contributed by atoms with Gasteiger partial charge in [0.05, 0.1) is 12.3 Å². The number of halogens is 1. The van der Waals surface area contributed by atoms with Gasteiger partial charge in [0.2, 0.25) is 0 Å². The molecule has 1 saturated heterocycles. The number of fused-ring (bicyclic) bond motifs is 1. The second kappa shape index (κ2) is 10.3. The van der Waals surface area contributed by atoms with Crippen LogP contribution in [-0.4, -0.2) is 29.0 Å². The summed E-state index contributed by atoms with van der Waals surface area (Å²) in [5.74, 6) is -0.424. The van der Waals surface area contributed by atoms with Crippen molar-refractivity contribution in [1.82, 2.24) is 9.88 Å². The number of hydrogen-bond donors (Lipinski definition) is 1. The summed E-state index contributed by atoms with van der Waals surface area (Å²) in [4.78, 5) is 39.4. The van der Waals surface area contributed by atoms with Crippen molar-refractivity contribution in [2.75, 3.05) is 11.5 Å². The number of anilines is 1. The lowest BCUT2D eigenvalue weighted by Crippen LogP contribution is -2.54. The molecule has 1 N–H and O–H groups in total. The third-order valence-electron chi connectivity index (χ3n) is 6.09. The standard InChI is InChI=1S/C29H24ClN3O4/c1-19(18-37-23-7-3-2-4-8-23)16-32-17-20(24-9-5-6-10-26(24)32)15-25-27(34)31-29(36)33(28(25)35)22-13-11-21(30)12-14-22/h2-15,17,19H,16,18H2,1H3,(H,31,34,36)/b25-15-/t19-/m1/s1. The predicted molar refractivity (Wildman–Crippen MR) is 143 cm³/mol. The van der Waals surface area contributed by atoms with E-state index in [-0.39, 0.29) is 11.5 Å². The first-order valence-electron chi connectivity index (χ1n) is 11.8. The van der Waals surface area contributed by atoms with Crippen molar-refractivity contribution < 1.29 is 19.1 Å². The molecule has 0 radical (unpaired) electrons. The molecule has 7 nitrogen and oxygen atoms in total. The average molecular weight is 514 g/mol. The van der Waals surface area contributed by atoms with Crippen molar-refractivity contribution in [2.24, 2.45) is 5.92 Å². The number of barbiturate groups is 1. The van der Waals surface area contributed by atoms with Crippen molar-refractivity contribution >= 4 is 52.1 Å². The molecule has 0 bridgehead atoms. The first-order valence-corrected chi connectivity index (χ1v) is 12.2. The number of aromatic nitrogens is 1. The van der Waals surface area contributed by atoms with E-state index in [9.17, 15) is 14.4 Å². The predicted octanol–water partition coefficient (Wildman–Crippen LogP) is 5.68. The van der Waals surface area contributed by atoms with Gasteiger partial charge in [0.1, 0.15) is 11.3 Å². The van der Waals surface area contributed by atoms with E-state index in [4.69, 9.17) is 16.3 Å². The molecule has 1 atom stereocenters. The number of nitrogens with one attached hydrogen (secondary N) is 1. The first-order chi connectivity index (χ1) is 17.9. The molecular weight excluding hydrogens is 490 g/mol. The largest absolute Gasteiger partial charge is 0.493 e. The first kappa shape index (κ1) is 24.3. The minimum atomic E-state index is -0.802. The van der Waals surface area contributed by atoms with Crippen LogP contribution in [0.3, 0.4) is 0 Å². The molecule has 37 heavy (non-hydrogen) atoms. The van der Waals surface area contributed by atoms with Gasteiger partial charge in [-0.15, -0.1) is 0 Å². The van der Waals surface area contributed by atoms with E-state index in [0.717, 1.165) is 21.6 Å². The fraction of sp³-hybridized carbons (Fsp3) is 0.138. The van der Waals surface area contributed by atoms with Crippen LogP contribution in [-0.2, 0) is 16.1 Å². The Hall–Kier alpha value is -4.36. The number of amides is 4. The van der Waals surface area contributed by atoms with Crippen LogP contribution in [0.25, 0.3) is 17.0 Å². The fourth-order valence-corrected chi connectivity index (χ4v) is 4.45. The van der Waals surface area contributed by atoms with Crippen molar-refractivity contribution in [3.8, 4) is 5.75 Å². The Labute approximate surface area is 218 Å². The summed E-state index contributed by atoms with van der Waals surface area (Å²) in [6, 6.07) is 22.9. The number of para-hydroxylation sites is 2. The van der Waals surface area contributed by atoms with Gasteiger partial charge in [0.15, 0.2) is 0 Å². The normalized spacial score (nSPS) is 15.8. The van der Waals surface area contributed by atoms with E-state index in [1.807, 2.05) is 60.8 Å². The number of urea groups is 1. The Morgan fingerprint density at radius 1 is 0.946 bits per heavy atom. The Morgan fingerprint density at radius 2 is 1.65 bits per heavy atom. The van der Waals surface area contributed by atoms with Gasteiger partial charge in [-0.2, -0.15) is 0 Å². The van der Waals surface area contributed by atoms with Gasteiger partial charge in [-0.25, -0.2) is 9.69 Å². The number of benzene rings is 3. The summed E-state index contributed by atoms with van der Waals surface area (Å²) in [5.41, 5.74) is 1.86. The topological polar surface area (TPSA) is 80.6 Å². The fourth-order valence-electron chi connectivity index (χ4n) is 4.32. The Bertz CT molecular complexity index is 1510. The number of hydrogen-bond acceptors (Lipinski definition) is 4. The van der Waals surface area contributed by atoms with Crippen LogP contribution >= 0.6 is 11.6 Å². The van der Waals surface area contributed by atoms with Gasteiger partial charge in [-0.05, 0) is 48.5 Å². The molecule has 0 unspecified atom stereocenters. The van der Waals surface area contributed by atoms with Crippen LogP contribution < -0.4 is 15.0 Å². The molecule has 4 amide bonds. The summed E-state index contributed by atoms with van der Waals surface area (Å²) in [7, 11) is 0. The number of ether oxygens (including phenoxy) is 1. The van der Waals surface area contributed by atoms with Crippen molar-refractivity contribution in [1.29, 1.82) is 0 Å². The molecule has 4 aromatic rings. The lowest BCUT2D eigenvalue weighted by Gasteiger charge is -2.26. The molecule has 186 valence electrons. The highest BCUT2D eigenvalue weighted by molar-refractivity contribution is 6.39. The lowest BCUT2D eigenvalue weighted by molar-refractivity contribution is -0.122. The Kier molecular flexibility index (Phi) is 6.79. The summed E-state index contributed by atoms with van der Waals surface area (Å²) < 4.78 is 8.00. The maximum Gasteiger partial charge on any atom is 0.335 e. The minimum absolute atomic E-state index is 0.127. The van der Waals surface area contributed by atoms with Crippen LogP contribution in [0.15, 0.2) is 90.6 Å². The van der Waals surface area contributed by atoms with Gasteiger partial charge >= 0.3 is 6.03 Å². The van der Waals surface area contributed by atoms with E-state index < -0.39 is 17.8 Å². The summed E-state index contributed by atoms with van der Waals surface area (Å²) in [5, 5.41) is 3.62. The van der Waals surface area contributed by atoms with Crippen LogP contribution in [0.1, 0.15) is 12.5 Å². The summed E-state index contributed by atoms with van der Waals surface area (Å²) in [6.45, 7) is 3.31. The van der Waals surface area contributed by atoms with Crippen molar-refractivity contribution in [2.45, 2.75) is 13.5 Å². The molecule has 2 heterocycles. The zero-order valence-electron chi connectivity index (χ0n) is 20.1. The zero-order chi connectivity index (χ0) is 25.9. The van der Waals surface area contributed by atoms with Gasteiger partial charge in [-0.3, -0.25) is 14.9 Å². The van der Waals surface area contributed by atoms with Crippen LogP contribution in [0.4, 0.5) is 10.5 Å². The number of nitrogens with zero attached hydrogens (tertiary/aromatic N) is 2. The van der Waals surface area contributed by atoms with E-state index >= 15 is 0 Å². The number of rotatable bonds is 7. The molecule has 0 spiro atoms. The molecule has 0 aliphatic carbocycles. The van der Waals surface area contributed by atoms with Crippen molar-refractivity contribution in [3.63, 3.8) is 0 Å². The van der Waals surface area contributed by atoms with E-state index in [1.54, 1.807) is 24.3 Å². The molecule has 1 aliphatic rings. The van der Waals surface area contributed by atoms with E-state index in [2.05, 4.69) is 16.8 Å². The molecule has 0 saturated carbocycles. The average Bonchev–Trinajstić information content (AvgIpc) is 3.24. The number of imide groups is 2. The smallest absolute Gasteiger partial charge is 0.335 e. The highest BCUT2D eigenvalue weighted by Gasteiger charge is 2.37. The van der Waals surface area contributed by atoms with Gasteiger partial charge in [-0.1, -0.05) is 54.9 Å². The molecule has 1 aliphatic heterocycles. The lowest BCUT2D eigenvalue weighted by atomic mass is 10.1. The van der Waals surface area contributed by atoms with Gasteiger partial charge in [0.25, 0.3) is 11.8 Å². The summed E-state index contributed by atoms with van der Waals surface area (Å²) >= 11 is 5.95. The van der Waals surface area contributed by atoms with Gasteiger partial charge in [0, 0.05) is 40.1 Å². The second-order valence-corrected chi connectivity index (χ2v) is 9.35. The monoisotopic (exact) mass is 513 g/mol.